The van der Waals surface area contributed by atoms with Crippen LogP contribution in [0.15, 0.2) is 5.57 Å². The molecule has 1 aliphatic carbocycles. The van der Waals surface area contributed by atoms with Gasteiger partial charge in [0.2, 0.25) is 5.95 Å². The Balaban J connectivity index is 2.29. The van der Waals surface area contributed by atoms with Crippen molar-refractivity contribution in [3.8, 4) is 0 Å². The van der Waals surface area contributed by atoms with Gasteiger partial charge in [0.25, 0.3) is 0 Å². The molecule has 0 spiro atoms. The second kappa shape index (κ2) is 4.06. The number of rotatable bonds is 3. The molecule has 82 valence electrons. The Labute approximate surface area is 90.0 Å². The minimum atomic E-state index is 0.492. The summed E-state index contributed by atoms with van der Waals surface area (Å²) >= 11 is 0. The SMILES string of the molecule is COCNc1nc2c(n1C)C=C(C)CC2. The minimum Gasteiger partial charge on any atom is -0.364 e. The van der Waals surface area contributed by atoms with E-state index in [2.05, 4.69) is 27.9 Å². The minimum absolute atomic E-state index is 0.492. The molecule has 0 bridgehead atoms. The molecule has 0 fully saturated rings. The zero-order valence-electron chi connectivity index (χ0n) is 9.50. The Morgan fingerprint density at radius 2 is 2.33 bits per heavy atom. The molecule has 0 aromatic carbocycles. The molecule has 1 N–H and O–H groups in total. The van der Waals surface area contributed by atoms with Crippen LogP contribution in [0.1, 0.15) is 24.7 Å². The van der Waals surface area contributed by atoms with Crippen molar-refractivity contribution in [2.75, 3.05) is 19.2 Å². The zero-order chi connectivity index (χ0) is 10.8. The number of hydrogen-bond acceptors (Lipinski definition) is 3. The van der Waals surface area contributed by atoms with Crippen LogP contribution in [0.25, 0.3) is 6.08 Å². The largest absolute Gasteiger partial charge is 0.364 e. The zero-order valence-corrected chi connectivity index (χ0v) is 9.50. The van der Waals surface area contributed by atoms with Crippen molar-refractivity contribution in [3.05, 3.63) is 17.0 Å². The van der Waals surface area contributed by atoms with Crippen molar-refractivity contribution >= 4 is 12.0 Å². The molecule has 0 radical (unpaired) electrons. The number of aryl methyl sites for hydroxylation is 1. The van der Waals surface area contributed by atoms with E-state index >= 15 is 0 Å². The average molecular weight is 207 g/mol. The van der Waals surface area contributed by atoms with E-state index in [1.807, 2.05) is 7.05 Å². The van der Waals surface area contributed by atoms with Crippen LogP contribution in [0, 0.1) is 0 Å². The molecule has 2 rings (SSSR count). The third-order valence-corrected chi connectivity index (χ3v) is 2.73. The molecule has 0 saturated carbocycles. The van der Waals surface area contributed by atoms with Gasteiger partial charge in [-0.05, 0) is 25.8 Å². The van der Waals surface area contributed by atoms with E-state index in [9.17, 15) is 0 Å². The number of anilines is 1. The number of imidazole rings is 1. The van der Waals surface area contributed by atoms with Gasteiger partial charge in [0.1, 0.15) is 6.73 Å². The average Bonchev–Trinajstić information content (AvgIpc) is 2.53. The summed E-state index contributed by atoms with van der Waals surface area (Å²) in [5.74, 6) is 0.882. The van der Waals surface area contributed by atoms with E-state index in [0.717, 1.165) is 18.8 Å². The first-order valence-corrected chi connectivity index (χ1v) is 5.18. The first kappa shape index (κ1) is 10.2. The maximum Gasteiger partial charge on any atom is 0.205 e. The molecule has 0 amide bonds. The van der Waals surface area contributed by atoms with E-state index in [-0.39, 0.29) is 0 Å². The Morgan fingerprint density at radius 1 is 1.53 bits per heavy atom. The van der Waals surface area contributed by atoms with E-state index < -0.39 is 0 Å². The number of aromatic nitrogens is 2. The van der Waals surface area contributed by atoms with Crippen LogP contribution in [0.3, 0.4) is 0 Å². The topological polar surface area (TPSA) is 39.1 Å². The summed E-state index contributed by atoms with van der Waals surface area (Å²) in [5, 5.41) is 3.14. The van der Waals surface area contributed by atoms with Crippen LogP contribution in [0.5, 0.6) is 0 Å². The lowest BCUT2D eigenvalue weighted by molar-refractivity contribution is 0.220. The highest BCUT2D eigenvalue weighted by Crippen LogP contribution is 2.25. The fourth-order valence-electron chi connectivity index (χ4n) is 1.85. The highest BCUT2D eigenvalue weighted by atomic mass is 16.5. The molecular formula is C11H17N3O. The lowest BCUT2D eigenvalue weighted by atomic mass is 10.0. The number of fused-ring (bicyclic) bond motifs is 1. The predicted molar refractivity (Wildman–Crippen MR) is 60.7 cm³/mol. The normalized spacial score (nSPS) is 14.7. The van der Waals surface area contributed by atoms with Gasteiger partial charge in [-0.15, -0.1) is 0 Å². The van der Waals surface area contributed by atoms with Gasteiger partial charge in [0.05, 0.1) is 11.4 Å². The third kappa shape index (κ3) is 1.90. The van der Waals surface area contributed by atoms with Crippen LogP contribution in [-0.2, 0) is 18.2 Å². The van der Waals surface area contributed by atoms with E-state index in [1.165, 1.54) is 17.0 Å². The fourth-order valence-corrected chi connectivity index (χ4v) is 1.85. The van der Waals surface area contributed by atoms with Crippen molar-refractivity contribution in [3.63, 3.8) is 0 Å². The third-order valence-electron chi connectivity index (χ3n) is 2.73. The van der Waals surface area contributed by atoms with Crippen molar-refractivity contribution in [1.82, 2.24) is 9.55 Å². The van der Waals surface area contributed by atoms with Gasteiger partial charge >= 0.3 is 0 Å². The van der Waals surface area contributed by atoms with Gasteiger partial charge in [-0.25, -0.2) is 4.98 Å². The molecule has 1 aliphatic rings. The van der Waals surface area contributed by atoms with Crippen molar-refractivity contribution < 1.29 is 4.74 Å². The molecule has 0 aliphatic heterocycles. The van der Waals surface area contributed by atoms with Crippen LogP contribution in [-0.4, -0.2) is 23.4 Å². The van der Waals surface area contributed by atoms with Gasteiger partial charge in [0, 0.05) is 14.2 Å². The van der Waals surface area contributed by atoms with Gasteiger partial charge in [-0.2, -0.15) is 0 Å². The number of hydrogen-bond donors (Lipinski definition) is 1. The smallest absolute Gasteiger partial charge is 0.205 e. The van der Waals surface area contributed by atoms with Crippen molar-refractivity contribution in [2.45, 2.75) is 19.8 Å². The molecule has 0 saturated heterocycles. The summed E-state index contributed by atoms with van der Waals surface area (Å²) in [5.41, 5.74) is 3.82. The van der Waals surface area contributed by atoms with E-state index in [4.69, 9.17) is 4.74 Å². The van der Waals surface area contributed by atoms with Crippen LogP contribution < -0.4 is 5.32 Å². The van der Waals surface area contributed by atoms with Crippen LogP contribution in [0.4, 0.5) is 5.95 Å². The summed E-state index contributed by atoms with van der Waals surface area (Å²) in [6.07, 6.45) is 4.37. The first-order chi connectivity index (χ1) is 7.22. The summed E-state index contributed by atoms with van der Waals surface area (Å²) < 4.78 is 7.05. The maximum atomic E-state index is 4.97. The van der Waals surface area contributed by atoms with Gasteiger partial charge < -0.3 is 14.6 Å². The van der Waals surface area contributed by atoms with E-state index in [1.54, 1.807) is 7.11 Å². The second-order valence-corrected chi connectivity index (χ2v) is 3.93. The Hall–Kier alpha value is -1.29. The molecule has 1 aromatic rings. The first-order valence-electron chi connectivity index (χ1n) is 5.18. The van der Waals surface area contributed by atoms with Crippen molar-refractivity contribution in [1.29, 1.82) is 0 Å². The molecule has 1 heterocycles. The monoisotopic (exact) mass is 207 g/mol. The maximum absolute atomic E-state index is 4.97. The number of nitrogens with zero attached hydrogens (tertiary/aromatic N) is 2. The number of ether oxygens (including phenoxy) is 1. The highest BCUT2D eigenvalue weighted by molar-refractivity contribution is 5.57. The van der Waals surface area contributed by atoms with Gasteiger partial charge in [0.15, 0.2) is 0 Å². The molecule has 4 heteroatoms. The number of methoxy groups -OCH3 is 1. The lowest BCUT2D eigenvalue weighted by Crippen LogP contribution is -2.08. The van der Waals surface area contributed by atoms with Crippen LogP contribution in [0.2, 0.25) is 0 Å². The lowest BCUT2D eigenvalue weighted by Gasteiger charge is -2.09. The Morgan fingerprint density at radius 3 is 3.07 bits per heavy atom. The van der Waals surface area contributed by atoms with E-state index in [0.29, 0.717) is 6.73 Å². The molecule has 0 atom stereocenters. The quantitative estimate of drug-likeness (QED) is 0.768. The number of nitrogens with one attached hydrogen (secondary N) is 1. The summed E-state index contributed by atoms with van der Waals surface area (Å²) in [7, 11) is 3.69. The molecule has 4 nitrogen and oxygen atoms in total. The van der Waals surface area contributed by atoms with Crippen molar-refractivity contribution in [2.24, 2.45) is 7.05 Å². The molecule has 15 heavy (non-hydrogen) atoms. The fraction of sp³-hybridized carbons (Fsp3) is 0.545. The van der Waals surface area contributed by atoms with Gasteiger partial charge in [-0.3, -0.25) is 0 Å². The molecule has 0 unspecified atom stereocenters. The van der Waals surface area contributed by atoms with Gasteiger partial charge in [-0.1, -0.05) is 5.57 Å². The Bertz CT molecular complexity index is 393. The van der Waals surface area contributed by atoms with Crippen LogP contribution >= 0.6 is 0 Å². The molecule has 1 aromatic heterocycles. The summed E-state index contributed by atoms with van der Waals surface area (Å²) in [4.78, 5) is 4.55. The Kier molecular flexibility index (Phi) is 2.77. The molecular weight excluding hydrogens is 190 g/mol. The highest BCUT2D eigenvalue weighted by Gasteiger charge is 2.16. The standard InChI is InChI=1S/C11H17N3O/c1-8-4-5-9-10(6-8)14(2)11(13-9)12-7-15-3/h6H,4-5,7H2,1-3H3,(H,12,13). The number of allylic oxidation sites excluding steroid dienone is 1. The second-order valence-electron chi connectivity index (χ2n) is 3.93. The summed E-state index contributed by atoms with van der Waals surface area (Å²) in [6, 6.07) is 0. The predicted octanol–water partition coefficient (Wildman–Crippen LogP) is 1.79. The summed E-state index contributed by atoms with van der Waals surface area (Å²) in [6.45, 7) is 2.66.